The smallest absolute Gasteiger partial charge is 0.243 e. The van der Waals surface area contributed by atoms with Crippen molar-refractivity contribution in [1.29, 1.82) is 0 Å². The minimum atomic E-state index is -0.732. The minimum absolute atomic E-state index is 0.0688. The highest BCUT2D eigenvalue weighted by Crippen LogP contribution is 2.28. The van der Waals surface area contributed by atoms with E-state index in [0.717, 1.165) is 22.3 Å². The monoisotopic (exact) mass is 510 g/mol. The maximum atomic E-state index is 13.9. The molecular formula is C29H32Cl2N2O2. The van der Waals surface area contributed by atoms with E-state index < -0.39 is 6.04 Å². The molecule has 1 atom stereocenters. The van der Waals surface area contributed by atoms with Crippen molar-refractivity contribution in [2.75, 3.05) is 0 Å². The van der Waals surface area contributed by atoms with Gasteiger partial charge in [-0.25, -0.2) is 0 Å². The lowest BCUT2D eigenvalue weighted by molar-refractivity contribution is -0.141. The first-order valence-electron chi connectivity index (χ1n) is 11.8. The molecule has 0 unspecified atom stereocenters. The van der Waals surface area contributed by atoms with E-state index in [2.05, 4.69) is 5.32 Å². The fourth-order valence-corrected chi connectivity index (χ4v) is 4.56. The van der Waals surface area contributed by atoms with Crippen molar-refractivity contribution >= 4 is 35.0 Å². The Balaban J connectivity index is 2.05. The second-order valence-electron chi connectivity index (χ2n) is 9.20. The first kappa shape index (κ1) is 26.8. The Morgan fingerprint density at radius 2 is 1.57 bits per heavy atom. The zero-order valence-corrected chi connectivity index (χ0v) is 22.2. The number of amides is 2. The second-order valence-corrected chi connectivity index (χ2v) is 10.0. The maximum Gasteiger partial charge on any atom is 0.243 e. The van der Waals surface area contributed by atoms with Crippen molar-refractivity contribution in [2.45, 2.75) is 59.2 Å². The number of carbonyl (C=O) groups excluding carboxylic acids is 2. The number of hydrogen-bond donors (Lipinski definition) is 1. The molecule has 3 aromatic rings. The number of nitrogens with zero attached hydrogens (tertiary/aromatic N) is 1. The summed E-state index contributed by atoms with van der Waals surface area (Å²) in [5, 5.41) is 3.92. The standard InChI is InChI=1S/C29H32Cl2N2O2/c1-19(2)32-29(35)27(16-22-9-6-5-7-10-22)33(18-24-25(30)11-8-12-26(24)31)28(34)17-23-15-20(3)13-14-21(23)4/h5-15,19,27H,16-18H2,1-4H3,(H,32,35)/t27-/m1/s1. The molecule has 0 aromatic heterocycles. The molecule has 1 N–H and O–H groups in total. The minimum Gasteiger partial charge on any atom is -0.352 e. The number of carbonyl (C=O) groups is 2. The van der Waals surface area contributed by atoms with Crippen molar-refractivity contribution < 1.29 is 9.59 Å². The van der Waals surface area contributed by atoms with Gasteiger partial charge in [0, 0.05) is 34.6 Å². The van der Waals surface area contributed by atoms with Crippen molar-refractivity contribution in [1.82, 2.24) is 10.2 Å². The third kappa shape index (κ3) is 7.33. The quantitative estimate of drug-likeness (QED) is 0.366. The van der Waals surface area contributed by atoms with Gasteiger partial charge in [-0.05, 0) is 56.5 Å². The molecule has 0 aliphatic carbocycles. The van der Waals surface area contributed by atoms with Gasteiger partial charge >= 0.3 is 0 Å². The van der Waals surface area contributed by atoms with Crippen LogP contribution >= 0.6 is 23.2 Å². The molecule has 3 rings (SSSR count). The van der Waals surface area contributed by atoms with Gasteiger partial charge in [-0.3, -0.25) is 9.59 Å². The molecule has 4 nitrogen and oxygen atoms in total. The molecule has 6 heteroatoms. The second kappa shape index (κ2) is 12.2. The Hall–Kier alpha value is -2.82. The summed E-state index contributed by atoms with van der Waals surface area (Å²) in [5.74, 6) is -0.365. The third-order valence-electron chi connectivity index (χ3n) is 5.94. The van der Waals surface area contributed by atoms with Gasteiger partial charge in [0.2, 0.25) is 11.8 Å². The summed E-state index contributed by atoms with van der Waals surface area (Å²) >= 11 is 13.0. The molecule has 0 bridgehead atoms. The molecule has 0 spiro atoms. The van der Waals surface area contributed by atoms with Crippen LogP contribution in [0.1, 0.15) is 41.7 Å². The predicted octanol–water partition coefficient (Wildman–Crippen LogP) is 6.32. The summed E-state index contributed by atoms with van der Waals surface area (Å²) in [6.07, 6.45) is 0.551. The van der Waals surface area contributed by atoms with E-state index in [9.17, 15) is 9.59 Å². The molecule has 2 amide bonds. The van der Waals surface area contributed by atoms with E-state index in [0.29, 0.717) is 22.0 Å². The molecule has 0 aliphatic rings. The molecule has 184 valence electrons. The fraction of sp³-hybridized carbons (Fsp3) is 0.310. The van der Waals surface area contributed by atoms with Crippen molar-refractivity contribution in [3.8, 4) is 0 Å². The summed E-state index contributed by atoms with van der Waals surface area (Å²) in [6.45, 7) is 7.94. The van der Waals surface area contributed by atoms with Gasteiger partial charge in [0.15, 0.2) is 0 Å². The predicted molar refractivity (Wildman–Crippen MR) is 144 cm³/mol. The Morgan fingerprint density at radius 3 is 2.20 bits per heavy atom. The summed E-state index contributed by atoms with van der Waals surface area (Å²) in [4.78, 5) is 29.0. The van der Waals surface area contributed by atoms with Gasteiger partial charge in [0.05, 0.1) is 6.42 Å². The number of aryl methyl sites for hydroxylation is 2. The van der Waals surface area contributed by atoms with E-state index in [1.165, 1.54) is 0 Å². The van der Waals surface area contributed by atoms with Crippen LogP contribution in [0.5, 0.6) is 0 Å². The molecule has 35 heavy (non-hydrogen) atoms. The first-order chi connectivity index (χ1) is 16.7. The van der Waals surface area contributed by atoms with Crippen LogP contribution in [0.2, 0.25) is 10.0 Å². The molecule has 0 fully saturated rings. The van der Waals surface area contributed by atoms with Crippen LogP contribution in [0, 0.1) is 13.8 Å². The number of benzene rings is 3. The van der Waals surface area contributed by atoms with Gasteiger partial charge in [-0.2, -0.15) is 0 Å². The molecule has 0 heterocycles. The number of rotatable bonds is 9. The Labute approximate surface area is 218 Å². The number of hydrogen-bond acceptors (Lipinski definition) is 2. The van der Waals surface area contributed by atoms with E-state index in [4.69, 9.17) is 23.2 Å². The highest BCUT2D eigenvalue weighted by molar-refractivity contribution is 6.36. The van der Waals surface area contributed by atoms with Crippen LogP contribution in [-0.2, 0) is 29.0 Å². The Bertz CT molecular complexity index is 1160. The summed E-state index contributed by atoms with van der Waals surface area (Å²) in [6, 6.07) is 20.2. The zero-order chi connectivity index (χ0) is 25.5. The van der Waals surface area contributed by atoms with Gasteiger partial charge in [-0.15, -0.1) is 0 Å². The van der Waals surface area contributed by atoms with Crippen LogP contribution in [0.25, 0.3) is 0 Å². The van der Waals surface area contributed by atoms with Crippen molar-refractivity contribution in [3.63, 3.8) is 0 Å². The first-order valence-corrected chi connectivity index (χ1v) is 12.5. The average molecular weight is 511 g/mol. The van der Waals surface area contributed by atoms with E-state index in [1.54, 1.807) is 23.1 Å². The highest BCUT2D eigenvalue weighted by Gasteiger charge is 2.31. The maximum absolute atomic E-state index is 13.9. The average Bonchev–Trinajstić information content (AvgIpc) is 2.80. The van der Waals surface area contributed by atoms with Crippen LogP contribution in [-0.4, -0.2) is 28.8 Å². The Morgan fingerprint density at radius 1 is 0.914 bits per heavy atom. The van der Waals surface area contributed by atoms with Gasteiger partial charge in [-0.1, -0.05) is 83.4 Å². The highest BCUT2D eigenvalue weighted by atomic mass is 35.5. The Kier molecular flexibility index (Phi) is 9.36. The van der Waals surface area contributed by atoms with Crippen LogP contribution in [0.4, 0.5) is 0 Å². The molecule has 0 radical (unpaired) electrons. The third-order valence-corrected chi connectivity index (χ3v) is 6.65. The summed E-state index contributed by atoms with van der Waals surface area (Å²) in [5.41, 5.74) is 4.64. The van der Waals surface area contributed by atoms with Crippen LogP contribution < -0.4 is 5.32 Å². The van der Waals surface area contributed by atoms with E-state index >= 15 is 0 Å². The van der Waals surface area contributed by atoms with Crippen LogP contribution in [0.15, 0.2) is 66.7 Å². The molecular weight excluding hydrogens is 479 g/mol. The lowest BCUT2D eigenvalue weighted by Crippen LogP contribution is -2.52. The van der Waals surface area contributed by atoms with Gasteiger partial charge in [0.1, 0.15) is 6.04 Å². The number of nitrogens with one attached hydrogen (secondary N) is 1. The molecule has 3 aromatic carbocycles. The fourth-order valence-electron chi connectivity index (χ4n) is 4.04. The lowest BCUT2D eigenvalue weighted by Gasteiger charge is -2.33. The van der Waals surface area contributed by atoms with E-state index in [-0.39, 0.29) is 30.8 Å². The summed E-state index contributed by atoms with van der Waals surface area (Å²) in [7, 11) is 0. The van der Waals surface area contributed by atoms with Crippen LogP contribution in [0.3, 0.4) is 0 Å². The summed E-state index contributed by atoms with van der Waals surface area (Å²) < 4.78 is 0. The normalized spacial score (nSPS) is 11.9. The zero-order valence-electron chi connectivity index (χ0n) is 20.6. The van der Waals surface area contributed by atoms with E-state index in [1.807, 2.05) is 76.2 Å². The lowest BCUT2D eigenvalue weighted by atomic mass is 9.99. The number of halogens is 2. The van der Waals surface area contributed by atoms with Crippen molar-refractivity contribution in [3.05, 3.63) is 105 Å². The van der Waals surface area contributed by atoms with Gasteiger partial charge < -0.3 is 10.2 Å². The topological polar surface area (TPSA) is 49.4 Å². The molecule has 0 aliphatic heterocycles. The van der Waals surface area contributed by atoms with Crippen molar-refractivity contribution in [2.24, 2.45) is 0 Å². The molecule has 0 saturated heterocycles. The SMILES string of the molecule is Cc1ccc(C)c(CC(=O)N(Cc2c(Cl)cccc2Cl)[C@H](Cc2ccccc2)C(=O)NC(C)C)c1. The largest absolute Gasteiger partial charge is 0.352 e. The molecule has 0 saturated carbocycles. The van der Waals surface area contributed by atoms with Gasteiger partial charge in [0.25, 0.3) is 0 Å².